The predicted octanol–water partition coefficient (Wildman–Crippen LogP) is 1.65. The fourth-order valence-corrected chi connectivity index (χ4v) is 5.61. The molecule has 0 radical (unpaired) electrons. The summed E-state index contributed by atoms with van der Waals surface area (Å²) in [5.41, 5.74) is 1.55. The van der Waals surface area contributed by atoms with Gasteiger partial charge < -0.3 is 25.4 Å². The SMILES string of the molecule is O=C1Nc2ccnc(n2)NCCCO[C@@H]2CN(CCC23CC3)c2cc(NS(=O)(=O)CCO)ccc21. The Hall–Kier alpha value is -2.96. The molecular formula is C23H30N6O5S. The number of hydrogen-bond acceptors (Lipinski definition) is 9. The van der Waals surface area contributed by atoms with Crippen LogP contribution in [0.3, 0.4) is 0 Å². The van der Waals surface area contributed by atoms with Crippen molar-refractivity contribution in [2.75, 3.05) is 58.9 Å². The van der Waals surface area contributed by atoms with Gasteiger partial charge in [0.25, 0.3) is 5.91 Å². The Morgan fingerprint density at radius 1 is 1.26 bits per heavy atom. The first-order valence-electron chi connectivity index (χ1n) is 11.9. The third kappa shape index (κ3) is 5.34. The lowest BCUT2D eigenvalue weighted by Crippen LogP contribution is -2.47. The zero-order valence-corrected chi connectivity index (χ0v) is 20.2. The number of amides is 1. The van der Waals surface area contributed by atoms with Crippen molar-refractivity contribution in [2.24, 2.45) is 5.41 Å². The molecule has 1 saturated heterocycles. The summed E-state index contributed by atoms with van der Waals surface area (Å²) in [6, 6.07) is 6.46. The van der Waals surface area contributed by atoms with Gasteiger partial charge in [-0.1, -0.05) is 0 Å². The van der Waals surface area contributed by atoms with Crippen LogP contribution in [0.25, 0.3) is 0 Å². The lowest BCUT2D eigenvalue weighted by molar-refractivity contribution is -0.00587. The van der Waals surface area contributed by atoms with Crippen molar-refractivity contribution < 1.29 is 23.1 Å². The highest BCUT2D eigenvalue weighted by Crippen LogP contribution is 2.55. The van der Waals surface area contributed by atoms with Crippen molar-refractivity contribution in [3.63, 3.8) is 0 Å². The number of fused-ring (bicyclic) bond motifs is 7. The smallest absolute Gasteiger partial charge is 0.258 e. The fourth-order valence-electron chi connectivity index (χ4n) is 4.78. The van der Waals surface area contributed by atoms with Crippen LogP contribution in [-0.4, -0.2) is 74.1 Å². The highest BCUT2D eigenvalue weighted by molar-refractivity contribution is 7.92. The van der Waals surface area contributed by atoms with Crippen molar-refractivity contribution in [1.29, 1.82) is 0 Å². The highest BCUT2D eigenvalue weighted by Gasteiger charge is 2.52. The van der Waals surface area contributed by atoms with Crippen molar-refractivity contribution >= 4 is 39.1 Å². The summed E-state index contributed by atoms with van der Waals surface area (Å²) < 4.78 is 33.3. The van der Waals surface area contributed by atoms with Crippen molar-refractivity contribution in [3.8, 4) is 0 Å². The quantitative estimate of drug-likeness (QED) is 0.490. The van der Waals surface area contributed by atoms with Gasteiger partial charge in [0, 0.05) is 37.9 Å². The zero-order chi connectivity index (χ0) is 24.5. The van der Waals surface area contributed by atoms with Crippen molar-refractivity contribution in [2.45, 2.75) is 31.8 Å². The molecule has 1 atom stereocenters. The lowest BCUT2D eigenvalue weighted by atomic mass is 9.89. The minimum absolute atomic E-state index is 0.0318. The van der Waals surface area contributed by atoms with Gasteiger partial charge in [0.15, 0.2) is 0 Å². The van der Waals surface area contributed by atoms with Gasteiger partial charge in [-0.25, -0.2) is 13.4 Å². The summed E-state index contributed by atoms with van der Waals surface area (Å²) in [5, 5.41) is 15.1. The number of ether oxygens (including phenoxy) is 1. The molecule has 4 N–H and O–H groups in total. The Morgan fingerprint density at radius 2 is 2.11 bits per heavy atom. The number of rotatable bonds is 4. The van der Waals surface area contributed by atoms with E-state index in [0.29, 0.717) is 48.4 Å². The Morgan fingerprint density at radius 3 is 2.91 bits per heavy atom. The molecule has 3 heterocycles. The maximum Gasteiger partial charge on any atom is 0.258 e. The minimum Gasteiger partial charge on any atom is -0.395 e. The number of nitrogens with one attached hydrogen (secondary N) is 3. The number of anilines is 4. The number of aromatic nitrogens is 2. The van der Waals surface area contributed by atoms with E-state index in [0.717, 1.165) is 32.2 Å². The second-order valence-electron chi connectivity index (χ2n) is 9.29. The molecule has 35 heavy (non-hydrogen) atoms. The number of carbonyl (C=O) groups is 1. The Balaban J connectivity index is 1.51. The van der Waals surface area contributed by atoms with Crippen LogP contribution in [0.15, 0.2) is 30.5 Å². The van der Waals surface area contributed by atoms with E-state index in [9.17, 15) is 13.2 Å². The van der Waals surface area contributed by atoms with E-state index in [1.807, 2.05) is 0 Å². The molecule has 1 aromatic carbocycles. The fraction of sp³-hybridized carbons (Fsp3) is 0.522. The first-order valence-corrected chi connectivity index (χ1v) is 13.5. The zero-order valence-electron chi connectivity index (χ0n) is 19.4. The minimum atomic E-state index is -3.71. The summed E-state index contributed by atoms with van der Waals surface area (Å²) in [5.74, 6) is 0.0310. The molecule has 5 rings (SSSR count). The predicted molar refractivity (Wildman–Crippen MR) is 132 cm³/mol. The number of nitrogens with zero attached hydrogens (tertiary/aromatic N) is 3. The molecule has 11 nitrogen and oxygen atoms in total. The van der Waals surface area contributed by atoms with Crippen LogP contribution in [0.4, 0.5) is 23.1 Å². The van der Waals surface area contributed by atoms with E-state index in [1.54, 1.807) is 30.5 Å². The number of carbonyl (C=O) groups excluding carboxylic acids is 1. The molecule has 2 aromatic rings. The van der Waals surface area contributed by atoms with Crippen LogP contribution in [-0.2, 0) is 14.8 Å². The number of benzene rings is 1. The van der Waals surface area contributed by atoms with E-state index in [1.165, 1.54) is 0 Å². The van der Waals surface area contributed by atoms with Crippen LogP contribution in [0, 0.1) is 5.41 Å². The van der Waals surface area contributed by atoms with Gasteiger partial charge in [0.1, 0.15) is 5.82 Å². The van der Waals surface area contributed by atoms with Crippen LogP contribution in [0.1, 0.15) is 36.0 Å². The molecule has 1 aromatic heterocycles. The van der Waals surface area contributed by atoms with Gasteiger partial charge in [-0.15, -0.1) is 0 Å². The molecular weight excluding hydrogens is 472 g/mol. The Bertz CT molecular complexity index is 1200. The van der Waals surface area contributed by atoms with Gasteiger partial charge in [0.2, 0.25) is 16.0 Å². The summed E-state index contributed by atoms with van der Waals surface area (Å²) in [6.45, 7) is 2.13. The van der Waals surface area contributed by atoms with E-state index in [-0.39, 0.29) is 17.4 Å². The Kier molecular flexibility index (Phi) is 6.51. The third-order valence-corrected chi connectivity index (χ3v) is 8.14. The average molecular weight is 503 g/mol. The van der Waals surface area contributed by atoms with Gasteiger partial charge in [-0.2, -0.15) is 4.98 Å². The van der Waals surface area contributed by atoms with Crippen LogP contribution in [0.2, 0.25) is 0 Å². The molecule has 188 valence electrons. The van der Waals surface area contributed by atoms with E-state index >= 15 is 0 Å². The summed E-state index contributed by atoms with van der Waals surface area (Å²) >= 11 is 0. The van der Waals surface area contributed by atoms with Crippen LogP contribution < -0.4 is 20.3 Å². The molecule has 2 aliphatic heterocycles. The summed E-state index contributed by atoms with van der Waals surface area (Å²) in [7, 11) is -3.71. The number of sulfonamides is 1. The molecule has 12 heteroatoms. The summed E-state index contributed by atoms with van der Waals surface area (Å²) in [4.78, 5) is 24.0. The van der Waals surface area contributed by atoms with E-state index in [2.05, 4.69) is 30.2 Å². The molecule has 4 bridgehead atoms. The second kappa shape index (κ2) is 9.59. The third-order valence-electron chi connectivity index (χ3n) is 6.88. The molecule has 1 amide bonds. The molecule has 1 saturated carbocycles. The normalized spacial score (nSPS) is 21.7. The number of aliphatic hydroxyl groups excluding tert-OH is 1. The maximum absolute atomic E-state index is 13.3. The first-order chi connectivity index (χ1) is 16.9. The molecule has 1 aliphatic carbocycles. The van der Waals surface area contributed by atoms with Crippen molar-refractivity contribution in [1.82, 2.24) is 9.97 Å². The van der Waals surface area contributed by atoms with Gasteiger partial charge in [-0.05, 0) is 49.9 Å². The largest absolute Gasteiger partial charge is 0.395 e. The Labute approximate surface area is 204 Å². The van der Waals surface area contributed by atoms with Crippen LogP contribution in [0.5, 0.6) is 0 Å². The molecule has 1 spiro atoms. The maximum atomic E-state index is 13.3. The first kappa shape index (κ1) is 23.8. The topological polar surface area (TPSA) is 146 Å². The average Bonchev–Trinajstić information content (AvgIpc) is 3.59. The van der Waals surface area contributed by atoms with Crippen LogP contribution >= 0.6 is 0 Å². The standard InChI is InChI=1S/C23H30N6O5S/c30-11-13-35(32,33)28-16-2-3-17-18(14-16)29-10-7-23(5-6-23)19(15-29)34-12-1-8-24-22-25-9-4-20(27-22)26-21(17)31/h2-4,9,14,19,28,30H,1,5-8,10-13,15H2,(H2,24,25,26,27,31)/t19-/m1/s1. The number of aliphatic hydroxyl groups is 1. The number of hydrogen-bond donors (Lipinski definition) is 4. The molecule has 3 aliphatic rings. The van der Waals surface area contributed by atoms with E-state index < -0.39 is 22.4 Å². The second-order valence-corrected chi connectivity index (χ2v) is 11.1. The van der Waals surface area contributed by atoms with E-state index in [4.69, 9.17) is 9.84 Å². The summed E-state index contributed by atoms with van der Waals surface area (Å²) in [6.07, 6.45) is 5.62. The highest BCUT2D eigenvalue weighted by atomic mass is 32.2. The molecule has 0 unspecified atom stereocenters. The van der Waals surface area contributed by atoms with Gasteiger partial charge in [0.05, 0.1) is 35.4 Å². The monoisotopic (exact) mass is 502 g/mol. The lowest BCUT2D eigenvalue weighted by Gasteiger charge is -2.41. The van der Waals surface area contributed by atoms with Gasteiger partial charge >= 0.3 is 0 Å². The van der Waals surface area contributed by atoms with Crippen molar-refractivity contribution in [3.05, 3.63) is 36.0 Å². The molecule has 2 fully saturated rings. The number of piperidine rings is 1. The van der Waals surface area contributed by atoms with Gasteiger partial charge in [-0.3, -0.25) is 9.52 Å².